The summed E-state index contributed by atoms with van der Waals surface area (Å²) in [7, 11) is 0. The predicted octanol–water partition coefficient (Wildman–Crippen LogP) is 4.48. The summed E-state index contributed by atoms with van der Waals surface area (Å²) in [6, 6.07) is 0. The van der Waals surface area contributed by atoms with E-state index in [-0.39, 0.29) is 25.6 Å². The van der Waals surface area contributed by atoms with Crippen molar-refractivity contribution in [2.75, 3.05) is 0 Å². The Bertz CT molecular complexity index is 222. The summed E-state index contributed by atoms with van der Waals surface area (Å²) in [4.78, 5) is 12.1. The first-order valence-electron chi connectivity index (χ1n) is 6.59. The quantitative estimate of drug-likeness (QED) is 0.424. The van der Waals surface area contributed by atoms with Gasteiger partial charge in [0.25, 0.3) is 0 Å². The van der Waals surface area contributed by atoms with E-state index >= 15 is 0 Å². The van der Waals surface area contributed by atoms with E-state index in [1.165, 1.54) is 17.8 Å². The molecule has 3 unspecified atom stereocenters. The maximum absolute atomic E-state index is 12.1. The first-order chi connectivity index (χ1) is 7.91. The molecule has 3 atom stereocenters. The fourth-order valence-corrected chi connectivity index (χ4v) is 6.85. The van der Waals surface area contributed by atoms with Crippen LogP contribution >= 0.6 is 17.1 Å². The molecular formula is C12H26O2PS2Zn. The van der Waals surface area contributed by atoms with E-state index < -0.39 is 5.69 Å². The van der Waals surface area contributed by atoms with Crippen LogP contribution in [-0.4, -0.2) is 11.4 Å². The van der Waals surface area contributed by atoms with Crippen LogP contribution in [0, 0.1) is 0 Å². The maximum atomic E-state index is 12.1. The van der Waals surface area contributed by atoms with Crippen LogP contribution in [0.4, 0.5) is 0 Å². The van der Waals surface area contributed by atoms with Crippen LogP contribution in [0.2, 0.25) is 0 Å². The zero-order chi connectivity index (χ0) is 13.3. The van der Waals surface area contributed by atoms with Gasteiger partial charge in [-0.2, -0.15) is 0 Å². The van der Waals surface area contributed by atoms with Gasteiger partial charge >= 0.3 is 19.5 Å². The van der Waals surface area contributed by atoms with Gasteiger partial charge in [0, 0.05) is 10.9 Å². The third kappa shape index (κ3) is 12.6. The number of unbranched alkanes of at least 4 members (excludes halogenated alkanes) is 2. The first kappa shape index (κ1) is 21.8. The number of hydrogen-bond acceptors (Lipinski definition) is 4. The second-order valence-corrected chi connectivity index (χ2v) is 10.9. The molecule has 0 aromatic carbocycles. The van der Waals surface area contributed by atoms with Gasteiger partial charge < -0.3 is 9.42 Å². The third-order valence-electron chi connectivity index (χ3n) is 2.55. The topological polar surface area (TPSA) is 32.3 Å². The van der Waals surface area contributed by atoms with Gasteiger partial charge in [0.2, 0.25) is 0 Å². The Labute approximate surface area is 135 Å². The van der Waals surface area contributed by atoms with Crippen molar-refractivity contribution in [2.45, 2.75) is 77.6 Å². The molecular weight excluding hydrogens is 337 g/mol. The van der Waals surface area contributed by atoms with Gasteiger partial charge in [-0.1, -0.05) is 58.3 Å². The normalized spacial score (nSPS) is 17.6. The molecule has 0 N–H and O–H groups in total. The monoisotopic (exact) mass is 361 g/mol. The van der Waals surface area contributed by atoms with Crippen LogP contribution in [0.15, 0.2) is 0 Å². The molecule has 0 aromatic rings. The van der Waals surface area contributed by atoms with Crippen LogP contribution < -0.4 is 4.89 Å². The molecule has 1 radical (unpaired) electrons. The van der Waals surface area contributed by atoms with Crippen LogP contribution in [0.5, 0.6) is 0 Å². The van der Waals surface area contributed by atoms with Crippen LogP contribution in [-0.2, 0) is 35.8 Å². The molecule has 0 rings (SSSR count). The summed E-state index contributed by atoms with van der Waals surface area (Å²) in [6.07, 6.45) is 6.59. The second kappa shape index (κ2) is 12.3. The Balaban J connectivity index is 0. The molecule has 0 saturated carbocycles. The van der Waals surface area contributed by atoms with Crippen molar-refractivity contribution in [3.63, 3.8) is 0 Å². The van der Waals surface area contributed by atoms with Crippen LogP contribution in [0.3, 0.4) is 0 Å². The van der Waals surface area contributed by atoms with Gasteiger partial charge in [0.1, 0.15) is 0 Å². The van der Waals surface area contributed by atoms with Gasteiger partial charge in [-0.15, -0.1) is 11.4 Å². The van der Waals surface area contributed by atoms with Crippen LogP contribution in [0.25, 0.3) is 0 Å². The molecule has 0 aliphatic heterocycles. The SMILES string of the molecule is CCCCC(C)OP([O-])(=S)SC(C)CCCC.[Zn+]. The van der Waals surface area contributed by atoms with E-state index in [1.807, 2.05) is 6.92 Å². The smallest absolute Gasteiger partial charge is 0.793 e. The van der Waals surface area contributed by atoms with Gasteiger partial charge in [-0.3, -0.25) is 0 Å². The largest absolute Gasteiger partial charge is 1.00 e. The fraction of sp³-hybridized carbons (Fsp3) is 1.00. The minimum absolute atomic E-state index is 0. The Hall–Kier alpha value is 1.54. The molecule has 0 spiro atoms. The summed E-state index contributed by atoms with van der Waals surface area (Å²) in [5, 5.41) is 0.330. The Morgan fingerprint density at radius 3 is 2.17 bits per heavy atom. The van der Waals surface area contributed by atoms with E-state index in [1.54, 1.807) is 0 Å². The van der Waals surface area contributed by atoms with Crippen molar-refractivity contribution < 1.29 is 28.9 Å². The fourth-order valence-electron chi connectivity index (χ4n) is 1.55. The Kier molecular flexibility index (Phi) is 14.9. The van der Waals surface area contributed by atoms with Crippen molar-refractivity contribution in [1.29, 1.82) is 0 Å². The predicted molar refractivity (Wildman–Crippen MR) is 80.9 cm³/mol. The zero-order valence-electron chi connectivity index (χ0n) is 12.2. The molecule has 0 aliphatic carbocycles. The molecule has 105 valence electrons. The van der Waals surface area contributed by atoms with Crippen molar-refractivity contribution in [2.24, 2.45) is 0 Å². The minimum atomic E-state index is -2.89. The van der Waals surface area contributed by atoms with E-state index in [9.17, 15) is 4.89 Å². The maximum Gasteiger partial charge on any atom is 1.00 e. The summed E-state index contributed by atoms with van der Waals surface area (Å²) in [6.45, 7) is 8.35. The van der Waals surface area contributed by atoms with Gasteiger partial charge in [0.05, 0.1) is 6.10 Å². The summed E-state index contributed by atoms with van der Waals surface area (Å²) < 4.78 is 5.52. The molecule has 2 nitrogen and oxygen atoms in total. The van der Waals surface area contributed by atoms with Gasteiger partial charge in [0.15, 0.2) is 0 Å². The van der Waals surface area contributed by atoms with Gasteiger partial charge in [-0.25, -0.2) is 0 Å². The summed E-state index contributed by atoms with van der Waals surface area (Å²) in [5.41, 5.74) is -2.89. The minimum Gasteiger partial charge on any atom is -0.793 e. The van der Waals surface area contributed by atoms with E-state index in [0.29, 0.717) is 5.25 Å². The van der Waals surface area contributed by atoms with Crippen molar-refractivity contribution in [1.82, 2.24) is 0 Å². The number of hydrogen-bond donors (Lipinski definition) is 0. The molecule has 18 heavy (non-hydrogen) atoms. The Morgan fingerprint density at radius 2 is 1.67 bits per heavy atom. The molecule has 0 saturated heterocycles. The molecule has 0 amide bonds. The third-order valence-corrected chi connectivity index (χ3v) is 7.16. The molecule has 0 bridgehead atoms. The van der Waals surface area contributed by atoms with Gasteiger partial charge in [-0.05, 0) is 19.8 Å². The van der Waals surface area contributed by atoms with E-state index in [4.69, 9.17) is 16.3 Å². The van der Waals surface area contributed by atoms with Crippen LogP contribution in [0.1, 0.15) is 66.2 Å². The Morgan fingerprint density at radius 1 is 1.17 bits per heavy atom. The van der Waals surface area contributed by atoms with Crippen molar-refractivity contribution in [3.8, 4) is 0 Å². The average molecular weight is 363 g/mol. The standard InChI is InChI=1S/C12H27O2PS2.Zn/c1-5-7-9-11(3)14-15(13,16)17-12(4)10-8-6-2;/h11-12H,5-10H2,1-4H3,(H,13,16);/q;+1/p-1. The van der Waals surface area contributed by atoms with E-state index in [0.717, 1.165) is 32.1 Å². The molecule has 6 heteroatoms. The summed E-state index contributed by atoms with van der Waals surface area (Å²) in [5.74, 6) is 0. The summed E-state index contributed by atoms with van der Waals surface area (Å²) >= 11 is 6.44. The van der Waals surface area contributed by atoms with Crippen molar-refractivity contribution >= 4 is 28.9 Å². The average Bonchev–Trinajstić information content (AvgIpc) is 2.22. The second-order valence-electron chi connectivity index (χ2n) is 4.56. The zero-order valence-corrected chi connectivity index (χ0v) is 17.7. The van der Waals surface area contributed by atoms with Crippen molar-refractivity contribution in [3.05, 3.63) is 0 Å². The molecule has 0 aromatic heterocycles. The molecule has 0 heterocycles. The molecule has 0 aliphatic rings. The first-order valence-corrected chi connectivity index (χ1v) is 10.7. The van der Waals surface area contributed by atoms with E-state index in [2.05, 4.69) is 20.8 Å². The number of rotatable bonds is 10. The molecule has 0 fully saturated rings.